The first kappa shape index (κ1) is 15.3. The van der Waals surface area contributed by atoms with Crippen LogP contribution in [0, 0.1) is 0 Å². The number of hydrogen-bond donors (Lipinski definition) is 1. The van der Waals surface area contributed by atoms with Crippen LogP contribution < -0.4 is 5.32 Å². The predicted molar refractivity (Wildman–Crippen MR) is 93.2 cm³/mol. The maximum absolute atomic E-state index is 11.8. The molecule has 0 saturated carbocycles. The summed E-state index contributed by atoms with van der Waals surface area (Å²) < 4.78 is 1.02. The molecule has 2 aromatic carbocycles. The van der Waals surface area contributed by atoms with Crippen molar-refractivity contribution in [2.45, 2.75) is 0 Å². The first-order valence-corrected chi connectivity index (χ1v) is 7.40. The molecule has 0 unspecified atom stereocenters. The average molecular weight is 342 g/mol. The van der Waals surface area contributed by atoms with Gasteiger partial charge in [-0.3, -0.25) is 4.79 Å². The fourth-order valence-corrected chi connectivity index (χ4v) is 2.01. The molecule has 106 valence electrons. The number of carbonyl (C=O) groups excluding carboxylic acids is 1. The van der Waals surface area contributed by atoms with E-state index in [1.807, 2.05) is 67.7 Å². The minimum absolute atomic E-state index is 0.0318. The minimum atomic E-state index is -0.0318. The highest BCUT2D eigenvalue weighted by atomic mass is 79.9. The van der Waals surface area contributed by atoms with Crippen LogP contribution in [0.5, 0.6) is 0 Å². The first-order chi connectivity index (χ1) is 10.2. The second-order valence-corrected chi connectivity index (χ2v) is 5.41. The van der Waals surface area contributed by atoms with Crippen LogP contribution >= 0.6 is 15.9 Å². The van der Waals surface area contributed by atoms with Crippen LogP contribution in [-0.2, 0) is 4.79 Å². The van der Waals surface area contributed by atoms with Crippen molar-refractivity contribution in [1.82, 2.24) is 0 Å². The molecule has 2 aromatic rings. The summed E-state index contributed by atoms with van der Waals surface area (Å²) in [6.45, 7) is 0. The van der Waals surface area contributed by atoms with E-state index in [1.165, 1.54) is 0 Å². The van der Waals surface area contributed by atoms with E-state index in [9.17, 15) is 4.79 Å². The Labute approximate surface area is 133 Å². The molecular formula is C18H16BrNO. The van der Waals surface area contributed by atoms with Gasteiger partial charge in [0.2, 0.25) is 0 Å². The van der Waals surface area contributed by atoms with Crippen LogP contribution in [0.4, 0.5) is 5.69 Å². The molecule has 0 aromatic heterocycles. The van der Waals surface area contributed by atoms with E-state index in [1.54, 1.807) is 12.2 Å². The monoisotopic (exact) mass is 341 g/mol. The van der Waals surface area contributed by atoms with E-state index in [2.05, 4.69) is 21.2 Å². The third-order valence-corrected chi connectivity index (χ3v) is 3.48. The summed E-state index contributed by atoms with van der Waals surface area (Å²) in [5.41, 5.74) is 3.05. The zero-order chi connectivity index (χ0) is 15.1. The molecule has 1 N–H and O–H groups in total. The van der Waals surface area contributed by atoms with Crippen LogP contribution in [0.3, 0.4) is 0 Å². The number of carbonyl (C=O) groups is 1. The zero-order valence-electron chi connectivity index (χ0n) is 11.7. The van der Waals surface area contributed by atoms with Gasteiger partial charge in [-0.05, 0) is 47.5 Å². The Morgan fingerprint density at radius 1 is 0.905 bits per heavy atom. The average Bonchev–Trinajstić information content (AvgIpc) is 2.53. The summed E-state index contributed by atoms with van der Waals surface area (Å²) in [7, 11) is 1.88. The first-order valence-electron chi connectivity index (χ1n) is 6.61. The molecule has 0 bridgehead atoms. The highest BCUT2D eigenvalue weighted by molar-refractivity contribution is 9.10. The third kappa shape index (κ3) is 5.04. The van der Waals surface area contributed by atoms with E-state index in [0.29, 0.717) is 0 Å². The number of benzene rings is 2. The van der Waals surface area contributed by atoms with Gasteiger partial charge in [0.1, 0.15) is 0 Å². The molecule has 0 saturated heterocycles. The van der Waals surface area contributed by atoms with Crippen LogP contribution in [0.25, 0.3) is 12.2 Å². The highest BCUT2D eigenvalue weighted by Gasteiger charge is 1.93. The van der Waals surface area contributed by atoms with Gasteiger partial charge in [0.25, 0.3) is 0 Å². The van der Waals surface area contributed by atoms with Crippen molar-refractivity contribution in [1.29, 1.82) is 0 Å². The van der Waals surface area contributed by atoms with Gasteiger partial charge in [0, 0.05) is 17.2 Å². The molecule has 2 rings (SSSR count). The van der Waals surface area contributed by atoms with Crippen molar-refractivity contribution in [3.63, 3.8) is 0 Å². The van der Waals surface area contributed by atoms with Crippen LogP contribution in [0.2, 0.25) is 0 Å². The Hall–Kier alpha value is -2.13. The lowest BCUT2D eigenvalue weighted by molar-refractivity contribution is -0.110. The number of rotatable bonds is 5. The van der Waals surface area contributed by atoms with Gasteiger partial charge in [-0.25, -0.2) is 0 Å². The van der Waals surface area contributed by atoms with E-state index >= 15 is 0 Å². The van der Waals surface area contributed by atoms with Crippen LogP contribution in [0.15, 0.2) is 65.2 Å². The van der Waals surface area contributed by atoms with Gasteiger partial charge in [0.15, 0.2) is 5.78 Å². The molecular weight excluding hydrogens is 326 g/mol. The Morgan fingerprint density at radius 2 is 1.38 bits per heavy atom. The van der Waals surface area contributed by atoms with Crippen molar-refractivity contribution in [2.24, 2.45) is 0 Å². The Bertz CT molecular complexity index is 655. The van der Waals surface area contributed by atoms with Crippen molar-refractivity contribution < 1.29 is 4.79 Å². The quantitative estimate of drug-likeness (QED) is 0.792. The molecule has 0 heterocycles. The molecule has 0 fully saturated rings. The van der Waals surface area contributed by atoms with Crippen molar-refractivity contribution >= 4 is 39.6 Å². The number of halogens is 1. The van der Waals surface area contributed by atoms with Gasteiger partial charge < -0.3 is 5.32 Å². The molecule has 3 heteroatoms. The number of allylic oxidation sites excluding steroid dienone is 2. The number of anilines is 1. The lowest BCUT2D eigenvalue weighted by Crippen LogP contribution is -1.87. The molecule has 0 atom stereocenters. The van der Waals surface area contributed by atoms with E-state index in [-0.39, 0.29) is 5.78 Å². The van der Waals surface area contributed by atoms with Gasteiger partial charge >= 0.3 is 0 Å². The summed E-state index contributed by atoms with van der Waals surface area (Å²) in [5, 5.41) is 3.06. The molecule has 0 aliphatic carbocycles. The van der Waals surface area contributed by atoms with Crippen LogP contribution in [-0.4, -0.2) is 12.8 Å². The molecule has 0 aliphatic heterocycles. The lowest BCUT2D eigenvalue weighted by Gasteiger charge is -1.99. The maximum Gasteiger partial charge on any atom is 0.178 e. The summed E-state index contributed by atoms with van der Waals surface area (Å²) >= 11 is 3.38. The lowest BCUT2D eigenvalue weighted by atomic mass is 10.1. The molecule has 0 aliphatic rings. The number of nitrogens with one attached hydrogen (secondary N) is 1. The summed E-state index contributed by atoms with van der Waals surface area (Å²) in [5.74, 6) is -0.0318. The summed E-state index contributed by atoms with van der Waals surface area (Å²) in [4.78, 5) is 11.8. The molecule has 0 spiro atoms. The number of ketones is 1. The molecule has 21 heavy (non-hydrogen) atoms. The fourth-order valence-electron chi connectivity index (χ4n) is 1.75. The van der Waals surface area contributed by atoms with Gasteiger partial charge in [0.05, 0.1) is 0 Å². The van der Waals surface area contributed by atoms with Gasteiger partial charge in [-0.15, -0.1) is 0 Å². The third-order valence-electron chi connectivity index (χ3n) is 2.95. The van der Waals surface area contributed by atoms with E-state index in [4.69, 9.17) is 0 Å². The Morgan fingerprint density at radius 3 is 1.86 bits per heavy atom. The SMILES string of the molecule is CNc1ccc(/C=C/C(=O)/C=C/c2ccc(Br)cc2)cc1. The highest BCUT2D eigenvalue weighted by Crippen LogP contribution is 2.12. The molecule has 0 amide bonds. The van der Waals surface area contributed by atoms with Crippen LogP contribution in [0.1, 0.15) is 11.1 Å². The summed E-state index contributed by atoms with van der Waals surface area (Å²) in [6, 6.07) is 15.7. The molecule has 2 nitrogen and oxygen atoms in total. The van der Waals surface area contributed by atoms with E-state index in [0.717, 1.165) is 21.3 Å². The van der Waals surface area contributed by atoms with E-state index < -0.39 is 0 Å². The second kappa shape index (κ2) is 7.60. The van der Waals surface area contributed by atoms with Gasteiger partial charge in [-0.2, -0.15) is 0 Å². The normalized spacial score (nSPS) is 11.1. The Balaban J connectivity index is 1.96. The summed E-state index contributed by atoms with van der Waals surface area (Å²) in [6.07, 6.45) is 6.77. The standard InChI is InChI=1S/C18H16BrNO/c1-20-17-10-4-15(5-11-17)7-13-18(21)12-6-14-2-8-16(19)9-3-14/h2-13,20H,1H3/b12-6+,13-7+. The largest absolute Gasteiger partial charge is 0.388 e. The minimum Gasteiger partial charge on any atom is -0.388 e. The predicted octanol–water partition coefficient (Wildman–Crippen LogP) is 4.79. The smallest absolute Gasteiger partial charge is 0.178 e. The Kier molecular flexibility index (Phi) is 5.52. The zero-order valence-corrected chi connectivity index (χ0v) is 13.3. The fraction of sp³-hybridized carbons (Fsp3) is 0.0556. The molecule has 0 radical (unpaired) electrons. The topological polar surface area (TPSA) is 29.1 Å². The van der Waals surface area contributed by atoms with Crippen molar-refractivity contribution in [2.75, 3.05) is 12.4 Å². The number of hydrogen-bond acceptors (Lipinski definition) is 2. The van der Waals surface area contributed by atoms with Crippen molar-refractivity contribution in [3.8, 4) is 0 Å². The van der Waals surface area contributed by atoms with Gasteiger partial charge in [-0.1, -0.05) is 52.3 Å². The second-order valence-electron chi connectivity index (χ2n) is 4.49. The maximum atomic E-state index is 11.8. The van der Waals surface area contributed by atoms with Crippen molar-refractivity contribution in [3.05, 3.63) is 76.3 Å².